The molecular formula is C17H15NO2. The van der Waals surface area contributed by atoms with Gasteiger partial charge >= 0.3 is 5.97 Å². The van der Waals surface area contributed by atoms with Gasteiger partial charge in [0.2, 0.25) is 0 Å². The van der Waals surface area contributed by atoms with Crippen LogP contribution >= 0.6 is 0 Å². The number of carboxylic acids is 1. The molecule has 0 atom stereocenters. The number of carboxylic acid groups (broad SMARTS) is 1. The monoisotopic (exact) mass is 265 g/mol. The maximum atomic E-state index is 10.0. The fourth-order valence-electron chi connectivity index (χ4n) is 1.72. The van der Waals surface area contributed by atoms with Crippen molar-refractivity contribution in [3.8, 4) is 11.1 Å². The third-order valence-corrected chi connectivity index (χ3v) is 2.71. The lowest BCUT2D eigenvalue weighted by Gasteiger charge is -1.98. The van der Waals surface area contributed by atoms with Crippen molar-refractivity contribution in [1.29, 1.82) is 0 Å². The molecule has 0 amide bonds. The molecule has 0 radical (unpaired) electrons. The Morgan fingerprint density at radius 3 is 1.55 bits per heavy atom. The Hall–Kier alpha value is -2.81. The van der Waals surface area contributed by atoms with Gasteiger partial charge in [-0.25, -0.2) is 4.79 Å². The zero-order valence-corrected chi connectivity index (χ0v) is 10.9. The first kappa shape index (κ1) is 13.6. The first-order valence-corrected chi connectivity index (χ1v) is 6.24. The molecule has 0 fully saturated rings. The Bertz CT molecular complexity index is 594. The minimum absolute atomic E-state index is 0.227. The summed E-state index contributed by atoms with van der Waals surface area (Å²) in [6.07, 6.45) is 1.57. The number of hydrogen-bond donors (Lipinski definition) is 2. The average molecular weight is 265 g/mol. The minimum Gasteiger partial charge on any atom is -0.477 e. The lowest BCUT2D eigenvalue weighted by molar-refractivity contribution is 0.0691. The summed E-state index contributed by atoms with van der Waals surface area (Å²) >= 11 is 0. The number of hydrogen-bond acceptors (Lipinski definition) is 1. The lowest BCUT2D eigenvalue weighted by atomic mass is 10.1. The maximum absolute atomic E-state index is 10.0. The summed E-state index contributed by atoms with van der Waals surface area (Å²) in [5.41, 5.74) is 2.78. The normalized spacial score (nSPS) is 9.40. The fourth-order valence-corrected chi connectivity index (χ4v) is 1.72. The highest BCUT2D eigenvalue weighted by atomic mass is 16.4. The van der Waals surface area contributed by atoms with Crippen molar-refractivity contribution in [3.63, 3.8) is 0 Å². The van der Waals surface area contributed by atoms with E-state index in [9.17, 15) is 4.79 Å². The van der Waals surface area contributed by atoms with Gasteiger partial charge in [-0.1, -0.05) is 60.7 Å². The third-order valence-electron chi connectivity index (χ3n) is 2.71. The van der Waals surface area contributed by atoms with Crippen molar-refractivity contribution in [2.24, 2.45) is 0 Å². The number of aromatic amines is 1. The Balaban J connectivity index is 0.000000160. The van der Waals surface area contributed by atoms with E-state index < -0.39 is 5.97 Å². The van der Waals surface area contributed by atoms with Gasteiger partial charge in [-0.3, -0.25) is 0 Å². The first-order chi connectivity index (χ1) is 9.77. The van der Waals surface area contributed by atoms with Crippen LogP contribution in [0, 0.1) is 0 Å². The van der Waals surface area contributed by atoms with Gasteiger partial charge in [-0.15, -0.1) is 0 Å². The molecule has 0 aliphatic heterocycles. The second-order valence-corrected chi connectivity index (χ2v) is 4.12. The van der Waals surface area contributed by atoms with Gasteiger partial charge in [0, 0.05) is 6.20 Å². The molecule has 3 heteroatoms. The van der Waals surface area contributed by atoms with E-state index in [1.165, 1.54) is 17.2 Å². The van der Waals surface area contributed by atoms with Crippen LogP contribution < -0.4 is 0 Å². The molecule has 0 bridgehead atoms. The van der Waals surface area contributed by atoms with Gasteiger partial charge in [-0.2, -0.15) is 0 Å². The van der Waals surface area contributed by atoms with Crippen molar-refractivity contribution >= 4 is 5.97 Å². The molecule has 0 spiro atoms. The molecule has 0 saturated carbocycles. The van der Waals surface area contributed by atoms with Crippen LogP contribution in [0.4, 0.5) is 0 Å². The summed E-state index contributed by atoms with van der Waals surface area (Å²) in [5, 5.41) is 8.24. The van der Waals surface area contributed by atoms with Gasteiger partial charge in [0.1, 0.15) is 5.69 Å². The Morgan fingerprint density at radius 1 is 0.750 bits per heavy atom. The van der Waals surface area contributed by atoms with Crippen molar-refractivity contribution in [2.75, 3.05) is 0 Å². The maximum Gasteiger partial charge on any atom is 0.352 e. The topological polar surface area (TPSA) is 53.1 Å². The smallest absolute Gasteiger partial charge is 0.352 e. The van der Waals surface area contributed by atoms with Crippen LogP contribution in [-0.2, 0) is 0 Å². The summed E-state index contributed by atoms with van der Waals surface area (Å²) < 4.78 is 0. The molecular weight excluding hydrogens is 250 g/mol. The van der Waals surface area contributed by atoms with Gasteiger partial charge in [0.25, 0.3) is 0 Å². The molecule has 1 aromatic heterocycles. The fraction of sp³-hybridized carbons (Fsp3) is 0. The van der Waals surface area contributed by atoms with Crippen LogP contribution in [0.2, 0.25) is 0 Å². The zero-order chi connectivity index (χ0) is 14.2. The highest BCUT2D eigenvalue weighted by molar-refractivity contribution is 5.85. The summed E-state index contributed by atoms with van der Waals surface area (Å²) in [5.74, 6) is -0.921. The second-order valence-electron chi connectivity index (χ2n) is 4.12. The lowest BCUT2D eigenvalue weighted by Crippen LogP contribution is -1.94. The van der Waals surface area contributed by atoms with Crippen LogP contribution in [0.1, 0.15) is 10.5 Å². The van der Waals surface area contributed by atoms with Crippen LogP contribution in [0.25, 0.3) is 11.1 Å². The highest BCUT2D eigenvalue weighted by Gasteiger charge is 1.98. The van der Waals surface area contributed by atoms with E-state index in [1.807, 2.05) is 12.1 Å². The van der Waals surface area contributed by atoms with Crippen molar-refractivity contribution in [2.45, 2.75) is 0 Å². The Kier molecular flexibility index (Phi) is 4.73. The Labute approximate surface area is 117 Å². The number of carbonyl (C=O) groups is 1. The minimum atomic E-state index is -0.921. The molecule has 2 N–H and O–H groups in total. The van der Waals surface area contributed by atoms with Crippen molar-refractivity contribution < 1.29 is 9.90 Å². The van der Waals surface area contributed by atoms with E-state index in [1.54, 1.807) is 12.3 Å². The van der Waals surface area contributed by atoms with Gasteiger partial charge < -0.3 is 10.1 Å². The van der Waals surface area contributed by atoms with Crippen LogP contribution in [0.15, 0.2) is 79.0 Å². The summed E-state index contributed by atoms with van der Waals surface area (Å²) in [6, 6.07) is 23.9. The summed E-state index contributed by atoms with van der Waals surface area (Å²) in [7, 11) is 0. The van der Waals surface area contributed by atoms with E-state index >= 15 is 0 Å². The number of nitrogens with one attached hydrogen (secondary N) is 1. The van der Waals surface area contributed by atoms with Crippen LogP contribution in [0.5, 0.6) is 0 Å². The summed E-state index contributed by atoms with van der Waals surface area (Å²) in [6.45, 7) is 0. The molecule has 0 aliphatic rings. The van der Waals surface area contributed by atoms with Crippen LogP contribution in [0.3, 0.4) is 0 Å². The molecule has 100 valence electrons. The van der Waals surface area contributed by atoms with E-state index in [-0.39, 0.29) is 5.69 Å². The standard InChI is InChI=1S/C12H10.C5H5NO2/c1-3-7-11(8-4-1)12-9-5-2-6-10-12;7-5(8)4-2-1-3-6-4/h1-10H;1-3,6H,(H,7,8). The molecule has 0 aliphatic carbocycles. The second kappa shape index (κ2) is 6.95. The molecule has 3 nitrogen and oxygen atoms in total. The third kappa shape index (κ3) is 3.85. The number of H-pyrrole nitrogens is 1. The number of aromatic carboxylic acids is 1. The Morgan fingerprint density at radius 2 is 1.25 bits per heavy atom. The average Bonchev–Trinajstić information content (AvgIpc) is 3.04. The van der Waals surface area contributed by atoms with Crippen LogP contribution in [-0.4, -0.2) is 16.1 Å². The molecule has 3 aromatic rings. The van der Waals surface area contributed by atoms with E-state index in [0.29, 0.717) is 0 Å². The quantitative estimate of drug-likeness (QED) is 0.734. The van der Waals surface area contributed by atoms with Gasteiger partial charge in [0.05, 0.1) is 0 Å². The highest BCUT2D eigenvalue weighted by Crippen LogP contribution is 2.17. The molecule has 20 heavy (non-hydrogen) atoms. The van der Waals surface area contributed by atoms with E-state index in [4.69, 9.17) is 5.11 Å². The van der Waals surface area contributed by atoms with Gasteiger partial charge in [0.15, 0.2) is 0 Å². The molecule has 3 rings (SSSR count). The molecule has 0 saturated heterocycles. The number of benzene rings is 2. The van der Waals surface area contributed by atoms with Gasteiger partial charge in [-0.05, 0) is 23.3 Å². The van der Waals surface area contributed by atoms with Crippen molar-refractivity contribution in [1.82, 2.24) is 4.98 Å². The first-order valence-electron chi connectivity index (χ1n) is 6.24. The summed E-state index contributed by atoms with van der Waals surface area (Å²) in [4.78, 5) is 12.6. The SMILES string of the molecule is O=C(O)c1ccc[nH]1.c1ccc(-c2ccccc2)cc1. The predicted molar refractivity (Wildman–Crippen MR) is 79.6 cm³/mol. The zero-order valence-electron chi connectivity index (χ0n) is 10.9. The number of aromatic nitrogens is 1. The number of rotatable bonds is 2. The predicted octanol–water partition coefficient (Wildman–Crippen LogP) is 4.07. The van der Waals surface area contributed by atoms with E-state index in [2.05, 4.69) is 53.5 Å². The molecule has 1 heterocycles. The largest absolute Gasteiger partial charge is 0.477 e. The van der Waals surface area contributed by atoms with Crippen molar-refractivity contribution in [3.05, 3.63) is 84.7 Å². The molecule has 2 aromatic carbocycles. The molecule has 0 unspecified atom stereocenters. The van der Waals surface area contributed by atoms with E-state index in [0.717, 1.165) is 0 Å².